The largest absolute Gasteiger partial charge is 0.477 e. The Bertz CT molecular complexity index is 1090. The molecule has 8 nitrogen and oxygen atoms in total. The molecule has 0 aromatic heterocycles. The molecular formula is C50H90NO7+. The minimum Gasteiger partial charge on any atom is -0.477 e. The van der Waals surface area contributed by atoms with Crippen molar-refractivity contribution >= 4 is 17.9 Å². The Morgan fingerprint density at radius 2 is 0.914 bits per heavy atom. The number of carbonyl (C=O) groups is 3. The molecule has 0 aromatic carbocycles. The molecule has 0 spiro atoms. The first-order valence-corrected chi connectivity index (χ1v) is 23.7. The minimum absolute atomic E-state index is 0.0543. The van der Waals surface area contributed by atoms with E-state index in [-0.39, 0.29) is 36.2 Å². The molecule has 0 aromatic rings. The van der Waals surface area contributed by atoms with Crippen molar-refractivity contribution in [3.05, 3.63) is 48.6 Å². The number of rotatable bonds is 42. The zero-order valence-electron chi connectivity index (χ0n) is 38.2. The SMILES string of the molecule is CCCCC/C=C/C/C=C/C/C=C/C/C=C/CCCCCCCC(=O)OC(COCCC(C(=O)O)[N+](C)(C)C)COC(=O)CCCCCCCCCCCCCCC. The van der Waals surface area contributed by atoms with E-state index in [0.717, 1.165) is 77.0 Å². The summed E-state index contributed by atoms with van der Waals surface area (Å²) in [5, 5.41) is 9.63. The average molecular weight is 817 g/mol. The van der Waals surface area contributed by atoms with Gasteiger partial charge < -0.3 is 23.8 Å². The van der Waals surface area contributed by atoms with Crippen molar-refractivity contribution < 1.29 is 38.2 Å². The number of ether oxygens (including phenoxy) is 3. The van der Waals surface area contributed by atoms with Crippen LogP contribution >= 0.6 is 0 Å². The molecule has 0 fully saturated rings. The summed E-state index contributed by atoms with van der Waals surface area (Å²) in [6.07, 6.45) is 48.6. The van der Waals surface area contributed by atoms with Gasteiger partial charge in [-0.1, -0.05) is 172 Å². The number of hydrogen-bond acceptors (Lipinski definition) is 6. The Kier molecular flexibility index (Phi) is 39.1. The molecule has 2 atom stereocenters. The molecule has 336 valence electrons. The van der Waals surface area contributed by atoms with Gasteiger partial charge in [-0.3, -0.25) is 9.59 Å². The van der Waals surface area contributed by atoms with E-state index in [1.165, 1.54) is 89.9 Å². The van der Waals surface area contributed by atoms with Crippen LogP contribution in [0, 0.1) is 0 Å². The van der Waals surface area contributed by atoms with E-state index in [1.807, 2.05) is 21.1 Å². The predicted octanol–water partition coefficient (Wildman–Crippen LogP) is 13.2. The average Bonchev–Trinajstić information content (AvgIpc) is 3.18. The summed E-state index contributed by atoms with van der Waals surface area (Å²) >= 11 is 0. The van der Waals surface area contributed by atoms with Gasteiger partial charge in [0, 0.05) is 19.3 Å². The Morgan fingerprint density at radius 1 is 0.517 bits per heavy atom. The highest BCUT2D eigenvalue weighted by Gasteiger charge is 2.31. The van der Waals surface area contributed by atoms with E-state index in [2.05, 4.69) is 62.5 Å². The Hall–Kier alpha value is -2.71. The van der Waals surface area contributed by atoms with Crippen LogP contribution in [0.3, 0.4) is 0 Å². The van der Waals surface area contributed by atoms with Crippen LogP contribution in [-0.4, -0.2) is 80.6 Å². The molecule has 1 N–H and O–H groups in total. The van der Waals surface area contributed by atoms with Crippen molar-refractivity contribution in [3.63, 3.8) is 0 Å². The Morgan fingerprint density at radius 3 is 1.38 bits per heavy atom. The molecule has 0 bridgehead atoms. The van der Waals surface area contributed by atoms with Crippen molar-refractivity contribution in [1.29, 1.82) is 0 Å². The number of carbonyl (C=O) groups excluding carboxylic acids is 2. The molecule has 0 amide bonds. The highest BCUT2D eigenvalue weighted by molar-refractivity contribution is 5.72. The molecule has 8 heteroatoms. The number of nitrogens with zero attached hydrogens (tertiary/aromatic N) is 1. The van der Waals surface area contributed by atoms with Crippen LogP contribution in [0.15, 0.2) is 48.6 Å². The first-order valence-electron chi connectivity index (χ1n) is 23.7. The maximum atomic E-state index is 12.7. The second kappa shape index (κ2) is 41.0. The normalized spacial score (nSPS) is 13.3. The molecular weight excluding hydrogens is 727 g/mol. The first-order chi connectivity index (χ1) is 28.1. The molecule has 0 aliphatic carbocycles. The lowest BCUT2D eigenvalue weighted by Crippen LogP contribution is -2.50. The second-order valence-electron chi connectivity index (χ2n) is 17.0. The van der Waals surface area contributed by atoms with Gasteiger partial charge in [-0.25, -0.2) is 4.79 Å². The third kappa shape index (κ3) is 38.8. The Balaban J connectivity index is 4.33. The molecule has 0 saturated heterocycles. The maximum Gasteiger partial charge on any atom is 0.362 e. The van der Waals surface area contributed by atoms with E-state index in [1.54, 1.807) is 0 Å². The van der Waals surface area contributed by atoms with Gasteiger partial charge in [0.1, 0.15) is 6.61 Å². The van der Waals surface area contributed by atoms with Crippen molar-refractivity contribution in [1.82, 2.24) is 0 Å². The summed E-state index contributed by atoms with van der Waals surface area (Å²) in [5.41, 5.74) is 0. The molecule has 0 radical (unpaired) electrons. The zero-order valence-corrected chi connectivity index (χ0v) is 38.2. The van der Waals surface area contributed by atoms with Crippen LogP contribution in [0.25, 0.3) is 0 Å². The van der Waals surface area contributed by atoms with Crippen LogP contribution in [0.4, 0.5) is 0 Å². The molecule has 0 saturated carbocycles. The fourth-order valence-electron chi connectivity index (χ4n) is 6.78. The van der Waals surface area contributed by atoms with Crippen LogP contribution in [0.1, 0.15) is 200 Å². The number of likely N-dealkylation sites (N-methyl/N-ethyl adjacent to an activating group) is 1. The number of hydrogen-bond donors (Lipinski definition) is 1. The number of allylic oxidation sites excluding steroid dienone is 8. The molecule has 0 aliphatic rings. The number of carboxylic acids is 1. The third-order valence-electron chi connectivity index (χ3n) is 10.5. The van der Waals surface area contributed by atoms with E-state index in [4.69, 9.17) is 14.2 Å². The summed E-state index contributed by atoms with van der Waals surface area (Å²) in [6, 6.07) is -0.618. The van der Waals surface area contributed by atoms with Gasteiger partial charge in [-0.05, 0) is 57.8 Å². The first kappa shape index (κ1) is 55.3. The number of esters is 2. The summed E-state index contributed by atoms with van der Waals surface area (Å²) in [4.78, 5) is 37.0. The van der Waals surface area contributed by atoms with Crippen molar-refractivity contribution in [2.24, 2.45) is 0 Å². The van der Waals surface area contributed by atoms with Gasteiger partial charge in [-0.2, -0.15) is 0 Å². The molecule has 58 heavy (non-hydrogen) atoms. The number of carboxylic acid groups (broad SMARTS) is 1. The zero-order chi connectivity index (χ0) is 42.8. The summed E-state index contributed by atoms with van der Waals surface area (Å²) in [6.45, 7) is 4.69. The standard InChI is InChI=1S/C50H89NO7/c1-6-8-10-12-14-16-18-20-21-22-23-24-25-26-27-29-31-33-35-37-39-41-49(53)58-46(44-56-43-42-47(50(54)55)51(3,4)5)45-57-48(52)40-38-36-34-32-30-28-19-17-15-13-11-9-7-2/h14,16,20-21,23-24,26-27,46-47H,6-13,15,17-19,22,25,28-45H2,1-5H3/p+1/b16-14+,21-20+,24-23+,27-26+. The summed E-state index contributed by atoms with van der Waals surface area (Å²) in [5.74, 6) is -1.49. The monoisotopic (exact) mass is 817 g/mol. The van der Waals surface area contributed by atoms with Gasteiger partial charge in [0.25, 0.3) is 0 Å². The Labute approximate surface area is 356 Å². The molecule has 0 heterocycles. The number of aliphatic carboxylic acids is 1. The number of unbranched alkanes of at least 4 members (excludes halogenated alkanes) is 20. The third-order valence-corrected chi connectivity index (χ3v) is 10.5. The second-order valence-corrected chi connectivity index (χ2v) is 17.0. The van der Waals surface area contributed by atoms with Gasteiger partial charge in [-0.15, -0.1) is 0 Å². The highest BCUT2D eigenvalue weighted by Crippen LogP contribution is 2.15. The van der Waals surface area contributed by atoms with Crippen LogP contribution in [0.5, 0.6) is 0 Å². The van der Waals surface area contributed by atoms with Gasteiger partial charge in [0.2, 0.25) is 0 Å². The van der Waals surface area contributed by atoms with Crippen LogP contribution in [-0.2, 0) is 28.6 Å². The fourth-order valence-corrected chi connectivity index (χ4v) is 6.78. The van der Waals surface area contributed by atoms with E-state index in [0.29, 0.717) is 19.3 Å². The topological polar surface area (TPSA) is 99.1 Å². The van der Waals surface area contributed by atoms with Crippen molar-refractivity contribution in [2.45, 2.75) is 212 Å². The lowest BCUT2D eigenvalue weighted by Gasteiger charge is -2.31. The highest BCUT2D eigenvalue weighted by atomic mass is 16.6. The van der Waals surface area contributed by atoms with E-state index < -0.39 is 18.1 Å². The summed E-state index contributed by atoms with van der Waals surface area (Å²) in [7, 11) is 5.52. The van der Waals surface area contributed by atoms with Gasteiger partial charge in [0.15, 0.2) is 12.1 Å². The van der Waals surface area contributed by atoms with E-state index >= 15 is 0 Å². The van der Waals surface area contributed by atoms with Crippen LogP contribution in [0.2, 0.25) is 0 Å². The van der Waals surface area contributed by atoms with Gasteiger partial charge >= 0.3 is 17.9 Å². The van der Waals surface area contributed by atoms with Crippen LogP contribution < -0.4 is 0 Å². The lowest BCUT2D eigenvalue weighted by molar-refractivity contribution is -0.887. The predicted molar refractivity (Wildman–Crippen MR) is 243 cm³/mol. The minimum atomic E-state index is -0.878. The lowest BCUT2D eigenvalue weighted by atomic mass is 10.0. The summed E-state index contributed by atoms with van der Waals surface area (Å²) < 4.78 is 17.3. The maximum absolute atomic E-state index is 12.7. The van der Waals surface area contributed by atoms with Gasteiger partial charge in [0.05, 0.1) is 34.4 Å². The van der Waals surface area contributed by atoms with Crippen molar-refractivity contribution in [2.75, 3.05) is 41.0 Å². The quantitative estimate of drug-likeness (QED) is 0.0283. The molecule has 0 aliphatic heterocycles. The molecule has 0 rings (SSSR count). The fraction of sp³-hybridized carbons (Fsp3) is 0.780. The molecule has 2 unspecified atom stereocenters. The van der Waals surface area contributed by atoms with E-state index in [9.17, 15) is 19.5 Å². The number of quaternary nitrogens is 1. The smallest absolute Gasteiger partial charge is 0.362 e. The van der Waals surface area contributed by atoms with Crippen molar-refractivity contribution in [3.8, 4) is 0 Å².